The van der Waals surface area contributed by atoms with Crippen LogP contribution in [0, 0.1) is 5.92 Å². The Balaban J connectivity index is 1.61. The second-order valence-electron chi connectivity index (χ2n) is 10.1. The van der Waals surface area contributed by atoms with Gasteiger partial charge >= 0.3 is 0 Å². The third kappa shape index (κ3) is 4.79. The zero-order chi connectivity index (χ0) is 24.3. The largest absolute Gasteiger partial charge is 0.388 e. The smallest absolute Gasteiger partial charge is 0.240 e. The van der Waals surface area contributed by atoms with Crippen LogP contribution in [0.4, 0.5) is 0 Å². The second-order valence-corrected chi connectivity index (χ2v) is 10.1. The van der Waals surface area contributed by atoms with Crippen molar-refractivity contribution >= 4 is 11.7 Å². The van der Waals surface area contributed by atoms with Crippen molar-refractivity contribution in [1.82, 2.24) is 10.6 Å². The number of ether oxygens (including phenoxy) is 1. The van der Waals surface area contributed by atoms with Crippen LogP contribution in [0.1, 0.15) is 49.5 Å². The number of nitrogens with two attached hydrogens (primary N) is 1. The summed E-state index contributed by atoms with van der Waals surface area (Å²) in [7, 11) is 0. The minimum absolute atomic E-state index is 0.00342. The normalized spacial score (nSPS) is 22.2. The Morgan fingerprint density at radius 2 is 1.79 bits per heavy atom. The molecule has 5 N–H and O–H groups in total. The quantitative estimate of drug-likeness (QED) is 0.474. The Kier molecular flexibility index (Phi) is 7.19. The van der Waals surface area contributed by atoms with Gasteiger partial charge in [-0.25, -0.2) is 0 Å². The first kappa shape index (κ1) is 24.5. The maximum Gasteiger partial charge on any atom is 0.240 e. The molecule has 1 aliphatic carbocycles. The van der Waals surface area contributed by atoms with E-state index in [0.717, 1.165) is 42.6 Å². The van der Waals surface area contributed by atoms with Gasteiger partial charge in [-0.05, 0) is 56.5 Å². The third-order valence-electron chi connectivity index (χ3n) is 7.16. The molecule has 1 aliphatic heterocycles. The molecule has 1 heterocycles. The zero-order valence-corrected chi connectivity index (χ0v) is 19.9. The Bertz CT molecular complexity index is 1010. The molecule has 1 saturated heterocycles. The van der Waals surface area contributed by atoms with Crippen LogP contribution in [0.3, 0.4) is 0 Å². The van der Waals surface area contributed by atoms with Crippen LogP contribution < -0.4 is 16.4 Å². The minimum Gasteiger partial charge on any atom is -0.388 e. The van der Waals surface area contributed by atoms with E-state index < -0.39 is 34.9 Å². The Morgan fingerprint density at radius 1 is 1.15 bits per heavy atom. The van der Waals surface area contributed by atoms with Gasteiger partial charge < -0.3 is 26.2 Å². The van der Waals surface area contributed by atoms with Crippen molar-refractivity contribution < 1.29 is 19.4 Å². The lowest BCUT2D eigenvalue weighted by Crippen LogP contribution is -2.58. The number of aliphatic hydroxyl groups excluding tert-OH is 1. The van der Waals surface area contributed by atoms with E-state index in [4.69, 9.17) is 10.5 Å². The van der Waals surface area contributed by atoms with Gasteiger partial charge in [-0.3, -0.25) is 9.59 Å². The Morgan fingerprint density at radius 3 is 2.47 bits per heavy atom. The topological polar surface area (TPSA) is 114 Å². The maximum absolute atomic E-state index is 14.1. The van der Waals surface area contributed by atoms with Crippen molar-refractivity contribution in [3.05, 3.63) is 71.3 Å². The van der Waals surface area contributed by atoms with Gasteiger partial charge in [0.15, 0.2) is 5.78 Å². The van der Waals surface area contributed by atoms with Crippen molar-refractivity contribution in [3.63, 3.8) is 0 Å². The third-order valence-corrected chi connectivity index (χ3v) is 7.16. The fourth-order valence-electron chi connectivity index (χ4n) is 5.36. The number of rotatable bonds is 8. The number of carbonyl (C=O) groups is 2. The number of amides is 1. The van der Waals surface area contributed by atoms with Gasteiger partial charge in [0.1, 0.15) is 6.04 Å². The molecule has 1 fully saturated rings. The summed E-state index contributed by atoms with van der Waals surface area (Å²) in [5.41, 5.74) is 7.20. The number of hydrogen-bond donors (Lipinski definition) is 4. The van der Waals surface area contributed by atoms with Crippen LogP contribution in [-0.4, -0.2) is 48.1 Å². The predicted molar refractivity (Wildman–Crippen MR) is 130 cm³/mol. The molecule has 1 amide bonds. The molecule has 7 heteroatoms. The number of nitrogens with one attached hydrogen (secondary N) is 2. The molecule has 0 bridgehead atoms. The van der Waals surface area contributed by atoms with E-state index in [-0.39, 0.29) is 12.4 Å². The molecular formula is C27H35N3O4. The van der Waals surface area contributed by atoms with E-state index in [1.165, 1.54) is 0 Å². The standard InChI is InChI=1S/C27H35N3O4/c1-26(2,28)25(33)30-21(17-34-16-18-8-4-3-5-9-18)24(32)22-23(31)19-10-6-7-11-20(19)27(22)12-14-29-15-13-27/h3-11,21-23,29,31H,12-17,28H2,1-2H3,(H,30,33)/t21-,22?,23?/m1/s1. The molecule has 182 valence electrons. The van der Waals surface area contributed by atoms with E-state index in [2.05, 4.69) is 10.6 Å². The molecule has 7 nitrogen and oxygen atoms in total. The number of ketones is 1. The van der Waals surface area contributed by atoms with E-state index in [9.17, 15) is 14.7 Å². The number of Topliss-reactive ketones (excluding diaryl/α,β-unsaturated/α-hetero) is 1. The average Bonchev–Trinajstić information content (AvgIpc) is 3.06. The molecule has 3 atom stereocenters. The molecule has 0 saturated carbocycles. The first-order valence-electron chi connectivity index (χ1n) is 12.0. The number of hydrogen-bond acceptors (Lipinski definition) is 6. The van der Waals surface area contributed by atoms with Gasteiger partial charge in [-0.1, -0.05) is 54.6 Å². The van der Waals surface area contributed by atoms with Crippen molar-refractivity contribution in [2.45, 2.75) is 56.4 Å². The van der Waals surface area contributed by atoms with Crippen molar-refractivity contribution in [2.75, 3.05) is 19.7 Å². The molecule has 4 rings (SSSR count). The number of aliphatic hydroxyl groups is 1. The Labute approximate surface area is 201 Å². The summed E-state index contributed by atoms with van der Waals surface area (Å²) in [4.78, 5) is 26.9. The number of carbonyl (C=O) groups excluding carboxylic acids is 2. The monoisotopic (exact) mass is 465 g/mol. The highest BCUT2D eigenvalue weighted by atomic mass is 16.5. The van der Waals surface area contributed by atoms with Gasteiger partial charge in [0.2, 0.25) is 5.91 Å². The molecular weight excluding hydrogens is 430 g/mol. The first-order valence-corrected chi connectivity index (χ1v) is 12.0. The van der Waals surface area contributed by atoms with Crippen LogP contribution in [0.5, 0.6) is 0 Å². The highest BCUT2D eigenvalue weighted by Gasteiger charge is 2.56. The molecule has 2 aliphatic rings. The van der Waals surface area contributed by atoms with Crippen LogP contribution in [0.25, 0.3) is 0 Å². The molecule has 2 aromatic carbocycles. The lowest BCUT2D eigenvalue weighted by Gasteiger charge is -2.41. The molecule has 0 aromatic heterocycles. The summed E-state index contributed by atoms with van der Waals surface area (Å²) in [6, 6.07) is 16.5. The van der Waals surface area contributed by atoms with E-state index in [1.54, 1.807) is 13.8 Å². The SMILES string of the molecule is CC(C)(N)C(=O)N[C@H](COCc1ccccc1)C(=O)C1C(O)c2ccccc2C12CCNCC2. The van der Waals surface area contributed by atoms with Crippen molar-refractivity contribution in [1.29, 1.82) is 0 Å². The predicted octanol–water partition coefficient (Wildman–Crippen LogP) is 1.98. The van der Waals surface area contributed by atoms with Crippen LogP contribution in [0.2, 0.25) is 0 Å². The van der Waals surface area contributed by atoms with Gasteiger partial charge in [0.25, 0.3) is 0 Å². The van der Waals surface area contributed by atoms with Crippen molar-refractivity contribution in [2.24, 2.45) is 11.7 Å². The van der Waals surface area contributed by atoms with Gasteiger partial charge in [0, 0.05) is 5.41 Å². The summed E-state index contributed by atoms with van der Waals surface area (Å²) in [6.45, 7) is 5.05. The van der Waals surface area contributed by atoms with Crippen LogP contribution >= 0.6 is 0 Å². The molecule has 1 spiro atoms. The number of fused-ring (bicyclic) bond motifs is 2. The average molecular weight is 466 g/mol. The van der Waals surface area contributed by atoms with Crippen LogP contribution in [-0.2, 0) is 26.3 Å². The summed E-state index contributed by atoms with van der Waals surface area (Å²) in [5, 5.41) is 17.6. The van der Waals surface area contributed by atoms with Gasteiger partial charge in [-0.2, -0.15) is 0 Å². The molecule has 34 heavy (non-hydrogen) atoms. The second kappa shape index (κ2) is 9.96. The molecule has 0 radical (unpaired) electrons. The fraction of sp³-hybridized carbons (Fsp3) is 0.481. The first-order chi connectivity index (χ1) is 16.2. The molecule has 2 unspecified atom stereocenters. The van der Waals surface area contributed by atoms with E-state index in [1.807, 2.05) is 54.6 Å². The number of piperidine rings is 1. The molecule has 2 aromatic rings. The maximum atomic E-state index is 14.1. The summed E-state index contributed by atoms with van der Waals surface area (Å²) >= 11 is 0. The van der Waals surface area contributed by atoms with E-state index >= 15 is 0 Å². The lowest BCUT2D eigenvalue weighted by molar-refractivity contribution is -0.138. The number of benzene rings is 2. The summed E-state index contributed by atoms with van der Waals surface area (Å²) < 4.78 is 5.89. The highest BCUT2D eigenvalue weighted by molar-refractivity contribution is 5.95. The van der Waals surface area contributed by atoms with Gasteiger partial charge in [0.05, 0.1) is 30.8 Å². The summed E-state index contributed by atoms with van der Waals surface area (Å²) in [6.07, 6.45) is 0.554. The Hall–Kier alpha value is -2.58. The van der Waals surface area contributed by atoms with Gasteiger partial charge in [-0.15, -0.1) is 0 Å². The summed E-state index contributed by atoms with van der Waals surface area (Å²) in [5.74, 6) is -1.31. The van der Waals surface area contributed by atoms with Crippen molar-refractivity contribution in [3.8, 4) is 0 Å². The van der Waals surface area contributed by atoms with Crippen LogP contribution in [0.15, 0.2) is 54.6 Å². The highest BCUT2D eigenvalue weighted by Crippen LogP contribution is 2.54. The lowest BCUT2D eigenvalue weighted by atomic mass is 9.66. The fourth-order valence-corrected chi connectivity index (χ4v) is 5.36. The zero-order valence-electron chi connectivity index (χ0n) is 19.9. The van der Waals surface area contributed by atoms with E-state index in [0.29, 0.717) is 6.61 Å². The minimum atomic E-state index is -1.15.